The fourth-order valence-corrected chi connectivity index (χ4v) is 2.71. The van der Waals surface area contributed by atoms with Gasteiger partial charge >= 0.3 is 0 Å². The third-order valence-corrected chi connectivity index (χ3v) is 4.44. The van der Waals surface area contributed by atoms with Gasteiger partial charge in [-0.05, 0) is 32.4 Å². The Bertz CT molecular complexity index is 1000. The first-order valence-electron chi connectivity index (χ1n) is 9.04. The zero-order chi connectivity index (χ0) is 19.4. The molecule has 0 bridgehead atoms. The Morgan fingerprint density at radius 1 is 1.15 bits per heavy atom. The van der Waals surface area contributed by atoms with Crippen molar-refractivity contribution in [2.24, 2.45) is 0 Å². The van der Waals surface area contributed by atoms with E-state index in [4.69, 9.17) is 9.15 Å². The second-order valence-corrected chi connectivity index (χ2v) is 6.62. The number of nitrogens with one attached hydrogen (secondary N) is 1. The van der Waals surface area contributed by atoms with Gasteiger partial charge < -0.3 is 14.5 Å². The Labute approximate surface area is 158 Å². The maximum atomic E-state index is 13.0. The second kappa shape index (κ2) is 8.08. The van der Waals surface area contributed by atoms with Crippen molar-refractivity contribution in [1.82, 2.24) is 5.32 Å². The summed E-state index contributed by atoms with van der Waals surface area (Å²) in [4.78, 5) is 25.0. The molecule has 1 amide bonds. The van der Waals surface area contributed by atoms with Crippen LogP contribution in [0, 0.1) is 6.92 Å². The lowest BCUT2D eigenvalue weighted by Crippen LogP contribution is -2.36. The third kappa shape index (κ3) is 4.19. The highest BCUT2D eigenvalue weighted by atomic mass is 16.5. The van der Waals surface area contributed by atoms with Gasteiger partial charge in [0.1, 0.15) is 5.58 Å². The van der Waals surface area contributed by atoms with Gasteiger partial charge in [-0.2, -0.15) is 0 Å². The van der Waals surface area contributed by atoms with Crippen molar-refractivity contribution in [3.05, 3.63) is 64.3 Å². The molecule has 0 fully saturated rings. The number of ether oxygens (including phenoxy) is 1. The summed E-state index contributed by atoms with van der Waals surface area (Å²) in [5, 5.41) is 3.25. The minimum atomic E-state index is -0.288. The van der Waals surface area contributed by atoms with Crippen molar-refractivity contribution < 1.29 is 13.9 Å². The molecule has 0 aliphatic rings. The number of hydrogen-bond donors (Lipinski definition) is 1. The molecule has 5 nitrogen and oxygen atoms in total. The van der Waals surface area contributed by atoms with Crippen molar-refractivity contribution in [3.8, 4) is 17.1 Å². The molecule has 0 saturated heterocycles. The van der Waals surface area contributed by atoms with E-state index in [0.29, 0.717) is 16.7 Å². The van der Waals surface area contributed by atoms with E-state index >= 15 is 0 Å². The Hall–Kier alpha value is -3.08. The fraction of sp³-hybridized carbons (Fsp3) is 0.273. The van der Waals surface area contributed by atoms with Crippen LogP contribution in [0.3, 0.4) is 0 Å². The molecule has 1 heterocycles. The lowest BCUT2D eigenvalue weighted by atomic mass is 10.1. The number of aryl methyl sites for hydroxylation is 1. The van der Waals surface area contributed by atoms with E-state index in [0.717, 1.165) is 17.5 Å². The molecular weight excluding hydrogens is 342 g/mol. The Kier molecular flexibility index (Phi) is 5.60. The molecule has 1 atom stereocenters. The first-order valence-corrected chi connectivity index (χ1v) is 9.04. The highest BCUT2D eigenvalue weighted by Crippen LogP contribution is 2.31. The van der Waals surface area contributed by atoms with Crippen molar-refractivity contribution in [2.75, 3.05) is 6.61 Å². The van der Waals surface area contributed by atoms with Crippen LogP contribution < -0.4 is 15.5 Å². The van der Waals surface area contributed by atoms with E-state index < -0.39 is 0 Å². The summed E-state index contributed by atoms with van der Waals surface area (Å²) in [5.41, 5.74) is 2.01. The number of carbonyl (C=O) groups excluding carboxylic acids is 1. The van der Waals surface area contributed by atoms with Gasteiger partial charge in [0.15, 0.2) is 12.4 Å². The van der Waals surface area contributed by atoms with Gasteiger partial charge in [-0.1, -0.05) is 48.9 Å². The van der Waals surface area contributed by atoms with Gasteiger partial charge in [-0.25, -0.2) is 0 Å². The molecule has 2 aromatic carbocycles. The standard InChI is InChI=1S/C22H23NO4/c1-4-15(3)23-19(24)13-26-22-20(25)17-7-5-6-8-18(17)27-21(22)16-11-9-14(2)10-12-16/h5-12,15H,4,13H2,1-3H3,(H,23,24)/t15-/m0/s1. The molecule has 0 aliphatic carbocycles. The van der Waals surface area contributed by atoms with Crippen LogP contribution in [0.4, 0.5) is 0 Å². The number of benzene rings is 2. The third-order valence-electron chi connectivity index (χ3n) is 4.44. The van der Waals surface area contributed by atoms with E-state index in [1.807, 2.05) is 51.1 Å². The Morgan fingerprint density at radius 3 is 2.56 bits per heavy atom. The zero-order valence-electron chi connectivity index (χ0n) is 15.7. The summed E-state index contributed by atoms with van der Waals surface area (Å²) in [7, 11) is 0. The summed E-state index contributed by atoms with van der Waals surface area (Å²) in [6, 6.07) is 14.7. The smallest absolute Gasteiger partial charge is 0.258 e. The van der Waals surface area contributed by atoms with Crippen LogP contribution in [0.15, 0.2) is 57.7 Å². The molecule has 1 N–H and O–H groups in total. The summed E-state index contributed by atoms with van der Waals surface area (Å²) < 4.78 is 11.6. The van der Waals surface area contributed by atoms with Crippen LogP contribution >= 0.6 is 0 Å². The number of para-hydroxylation sites is 1. The molecule has 0 unspecified atom stereocenters. The number of fused-ring (bicyclic) bond motifs is 1. The highest BCUT2D eigenvalue weighted by molar-refractivity contribution is 5.83. The predicted molar refractivity (Wildman–Crippen MR) is 106 cm³/mol. The molecule has 0 aliphatic heterocycles. The van der Waals surface area contributed by atoms with Gasteiger partial charge in [0.25, 0.3) is 5.91 Å². The number of amides is 1. The largest absolute Gasteiger partial charge is 0.476 e. The van der Waals surface area contributed by atoms with Crippen LogP contribution in [0.25, 0.3) is 22.3 Å². The monoisotopic (exact) mass is 365 g/mol. The normalized spacial score (nSPS) is 12.0. The molecule has 0 saturated carbocycles. The van der Waals surface area contributed by atoms with Crippen molar-refractivity contribution in [3.63, 3.8) is 0 Å². The van der Waals surface area contributed by atoms with E-state index in [2.05, 4.69) is 5.32 Å². The molecule has 27 heavy (non-hydrogen) atoms. The molecular formula is C22H23NO4. The molecule has 3 aromatic rings. The van der Waals surface area contributed by atoms with Gasteiger partial charge in [0.2, 0.25) is 11.2 Å². The quantitative estimate of drug-likeness (QED) is 0.715. The van der Waals surface area contributed by atoms with Crippen molar-refractivity contribution in [2.45, 2.75) is 33.2 Å². The first-order chi connectivity index (χ1) is 13.0. The average molecular weight is 365 g/mol. The minimum Gasteiger partial charge on any atom is -0.476 e. The maximum Gasteiger partial charge on any atom is 0.258 e. The van der Waals surface area contributed by atoms with Crippen LogP contribution in [-0.4, -0.2) is 18.6 Å². The number of hydrogen-bond acceptors (Lipinski definition) is 4. The van der Waals surface area contributed by atoms with E-state index in [1.54, 1.807) is 18.2 Å². The van der Waals surface area contributed by atoms with Gasteiger partial charge in [-0.3, -0.25) is 9.59 Å². The average Bonchev–Trinajstić information content (AvgIpc) is 2.67. The van der Waals surface area contributed by atoms with E-state index in [1.165, 1.54) is 0 Å². The van der Waals surface area contributed by atoms with E-state index in [-0.39, 0.29) is 29.7 Å². The van der Waals surface area contributed by atoms with Gasteiger partial charge in [0.05, 0.1) is 5.39 Å². The van der Waals surface area contributed by atoms with Crippen LogP contribution in [0.5, 0.6) is 5.75 Å². The first kappa shape index (κ1) is 18.7. The Balaban J connectivity index is 2.02. The van der Waals surface area contributed by atoms with Crippen LogP contribution in [-0.2, 0) is 4.79 Å². The lowest BCUT2D eigenvalue weighted by Gasteiger charge is -2.14. The second-order valence-electron chi connectivity index (χ2n) is 6.62. The SMILES string of the molecule is CC[C@H](C)NC(=O)COc1c(-c2ccc(C)cc2)oc2ccccc2c1=O. The molecule has 1 aromatic heterocycles. The van der Waals surface area contributed by atoms with E-state index in [9.17, 15) is 9.59 Å². The predicted octanol–water partition coefficient (Wildman–Crippen LogP) is 4.06. The van der Waals surface area contributed by atoms with Gasteiger partial charge in [0, 0.05) is 11.6 Å². The summed E-state index contributed by atoms with van der Waals surface area (Å²) in [6.07, 6.45) is 0.818. The molecule has 140 valence electrons. The topological polar surface area (TPSA) is 68.5 Å². The minimum absolute atomic E-state index is 0.0469. The highest BCUT2D eigenvalue weighted by Gasteiger charge is 2.19. The summed E-state index contributed by atoms with van der Waals surface area (Å²) in [6.45, 7) is 5.64. The maximum absolute atomic E-state index is 13.0. The fourth-order valence-electron chi connectivity index (χ4n) is 2.71. The van der Waals surface area contributed by atoms with Gasteiger partial charge in [-0.15, -0.1) is 0 Å². The molecule has 5 heteroatoms. The summed E-state index contributed by atoms with van der Waals surface area (Å²) >= 11 is 0. The summed E-state index contributed by atoms with van der Waals surface area (Å²) in [5.74, 6) is 0.110. The number of carbonyl (C=O) groups is 1. The van der Waals surface area contributed by atoms with Crippen molar-refractivity contribution >= 4 is 16.9 Å². The van der Waals surface area contributed by atoms with Crippen LogP contribution in [0.2, 0.25) is 0 Å². The molecule has 3 rings (SSSR count). The van der Waals surface area contributed by atoms with Crippen LogP contribution in [0.1, 0.15) is 25.8 Å². The Morgan fingerprint density at radius 2 is 1.85 bits per heavy atom. The lowest BCUT2D eigenvalue weighted by molar-refractivity contribution is -0.123. The number of rotatable bonds is 6. The van der Waals surface area contributed by atoms with Crippen molar-refractivity contribution in [1.29, 1.82) is 0 Å². The molecule has 0 radical (unpaired) electrons. The zero-order valence-corrected chi connectivity index (χ0v) is 15.7. The molecule has 0 spiro atoms.